The molecule has 0 fully saturated rings. The number of nitrogens with zero attached hydrogens (tertiary/aromatic N) is 4. The van der Waals surface area contributed by atoms with Gasteiger partial charge in [-0.25, -0.2) is 0 Å². The lowest BCUT2D eigenvalue weighted by molar-refractivity contribution is 0.315. The summed E-state index contributed by atoms with van der Waals surface area (Å²) in [4.78, 5) is 14.5. The Morgan fingerprint density at radius 1 is 1.15 bits per heavy atom. The molecule has 1 aromatic heterocycles. The molecule has 2 aromatic rings. The van der Waals surface area contributed by atoms with Crippen molar-refractivity contribution >= 4 is 40.8 Å². The molecule has 1 heterocycles. The summed E-state index contributed by atoms with van der Waals surface area (Å²) in [5.41, 5.74) is 0.951. The van der Waals surface area contributed by atoms with Gasteiger partial charge in [-0.05, 0) is 43.6 Å². The predicted octanol–water partition coefficient (Wildman–Crippen LogP) is 4.38. The number of ether oxygens (including phenoxy) is 1. The molecule has 0 bridgehead atoms. The number of hydrogen-bond acceptors (Lipinski definition) is 7. The maximum Gasteiger partial charge on any atom is 0.234 e. The van der Waals surface area contributed by atoms with Gasteiger partial charge in [0.1, 0.15) is 10.7 Å². The first-order valence-electron chi connectivity index (χ1n) is 8.99. The first-order valence-corrected chi connectivity index (χ1v) is 10.6. The summed E-state index contributed by atoms with van der Waals surface area (Å²) >= 11 is 7.57. The van der Waals surface area contributed by atoms with Gasteiger partial charge in [-0.15, -0.1) is 11.8 Å². The number of nitrogens with one attached hydrogen (secondary N) is 1. The van der Waals surface area contributed by atoms with Crippen LogP contribution in [0.25, 0.3) is 0 Å². The van der Waals surface area contributed by atoms with Gasteiger partial charge in [0.2, 0.25) is 11.8 Å². The van der Waals surface area contributed by atoms with E-state index in [0.717, 1.165) is 42.6 Å². The van der Waals surface area contributed by atoms with Gasteiger partial charge in [-0.1, -0.05) is 25.4 Å². The van der Waals surface area contributed by atoms with Gasteiger partial charge >= 0.3 is 0 Å². The number of anilines is 3. The Hall–Kier alpha value is -1.70. The predicted molar refractivity (Wildman–Crippen MR) is 116 cm³/mol. The summed E-state index contributed by atoms with van der Waals surface area (Å²) in [6, 6.07) is 7.58. The summed E-state index contributed by atoms with van der Waals surface area (Å²) in [5, 5.41) is 4.15. The van der Waals surface area contributed by atoms with E-state index in [4.69, 9.17) is 21.3 Å². The van der Waals surface area contributed by atoms with Crippen molar-refractivity contribution in [3.05, 3.63) is 29.3 Å². The molecule has 1 N–H and O–H groups in total. The Morgan fingerprint density at radius 3 is 2.37 bits per heavy atom. The van der Waals surface area contributed by atoms with Crippen LogP contribution in [0.3, 0.4) is 0 Å². The van der Waals surface area contributed by atoms with E-state index < -0.39 is 0 Å². The quantitative estimate of drug-likeness (QED) is 0.584. The highest BCUT2D eigenvalue weighted by Crippen LogP contribution is 2.35. The van der Waals surface area contributed by atoms with Gasteiger partial charge in [-0.3, -0.25) is 0 Å². The summed E-state index contributed by atoms with van der Waals surface area (Å²) < 4.78 is 5.52. The van der Waals surface area contributed by atoms with Crippen LogP contribution in [-0.4, -0.2) is 61.5 Å². The minimum atomic E-state index is 0.567. The van der Waals surface area contributed by atoms with Crippen LogP contribution in [0.15, 0.2) is 29.2 Å². The fourth-order valence-electron chi connectivity index (χ4n) is 2.66. The average molecular weight is 410 g/mol. The number of hydrogen-bond donors (Lipinski definition) is 1. The molecule has 2 rings (SSSR count). The fourth-order valence-corrected chi connectivity index (χ4v) is 3.40. The highest BCUT2D eigenvalue weighted by Gasteiger charge is 2.17. The molecular formula is C19H28ClN5OS. The third-order valence-electron chi connectivity index (χ3n) is 4.35. The molecule has 0 atom stereocenters. The molecular weight excluding hydrogens is 382 g/mol. The molecule has 27 heavy (non-hydrogen) atoms. The van der Waals surface area contributed by atoms with E-state index in [-0.39, 0.29) is 0 Å². The monoisotopic (exact) mass is 409 g/mol. The Morgan fingerprint density at radius 2 is 1.81 bits per heavy atom. The van der Waals surface area contributed by atoms with Gasteiger partial charge in [-0.2, -0.15) is 9.97 Å². The van der Waals surface area contributed by atoms with Crippen molar-refractivity contribution < 1.29 is 4.74 Å². The SMILES string of the molecule is CCN(CC)CCNc1nc(N(C)c2ccc(Cl)cc2)nc(OC)c1SC. The lowest BCUT2D eigenvalue weighted by Gasteiger charge is -2.22. The summed E-state index contributed by atoms with van der Waals surface area (Å²) in [7, 11) is 3.56. The van der Waals surface area contributed by atoms with Crippen LogP contribution in [0, 0.1) is 0 Å². The molecule has 0 saturated heterocycles. The van der Waals surface area contributed by atoms with Gasteiger partial charge in [0, 0.05) is 30.8 Å². The van der Waals surface area contributed by atoms with Crippen LogP contribution >= 0.6 is 23.4 Å². The second-order valence-corrected chi connectivity index (χ2v) is 7.16. The largest absolute Gasteiger partial charge is 0.480 e. The van der Waals surface area contributed by atoms with Gasteiger partial charge in [0.15, 0.2) is 0 Å². The zero-order valence-corrected chi connectivity index (χ0v) is 18.2. The van der Waals surface area contributed by atoms with Crippen molar-refractivity contribution in [3.63, 3.8) is 0 Å². The third-order valence-corrected chi connectivity index (χ3v) is 5.38. The van der Waals surface area contributed by atoms with Crippen LogP contribution in [-0.2, 0) is 0 Å². The summed E-state index contributed by atoms with van der Waals surface area (Å²) in [5.74, 6) is 1.92. The Balaban J connectivity index is 2.29. The molecule has 0 radical (unpaired) electrons. The van der Waals surface area contributed by atoms with E-state index >= 15 is 0 Å². The van der Waals surface area contributed by atoms with Crippen molar-refractivity contribution in [2.45, 2.75) is 18.7 Å². The molecule has 1 aromatic carbocycles. The Labute approximate surface area is 171 Å². The van der Waals surface area contributed by atoms with Gasteiger partial charge < -0.3 is 19.9 Å². The summed E-state index contributed by atoms with van der Waals surface area (Å²) in [6.45, 7) is 8.17. The zero-order chi connectivity index (χ0) is 19.8. The molecule has 0 aliphatic heterocycles. The molecule has 0 unspecified atom stereocenters. The van der Waals surface area contributed by atoms with E-state index in [1.807, 2.05) is 42.5 Å². The molecule has 148 valence electrons. The molecule has 0 spiro atoms. The Kier molecular flexibility index (Phi) is 8.47. The van der Waals surface area contributed by atoms with Crippen LogP contribution in [0.2, 0.25) is 5.02 Å². The normalized spacial score (nSPS) is 10.9. The van der Waals surface area contributed by atoms with E-state index in [0.29, 0.717) is 16.9 Å². The van der Waals surface area contributed by atoms with E-state index in [1.165, 1.54) is 0 Å². The highest BCUT2D eigenvalue weighted by atomic mass is 35.5. The smallest absolute Gasteiger partial charge is 0.234 e. The van der Waals surface area contributed by atoms with E-state index in [9.17, 15) is 0 Å². The van der Waals surface area contributed by atoms with Crippen LogP contribution in [0.1, 0.15) is 13.8 Å². The molecule has 8 heteroatoms. The second kappa shape index (κ2) is 10.6. The third kappa shape index (κ3) is 5.64. The minimum absolute atomic E-state index is 0.567. The van der Waals surface area contributed by atoms with Crippen molar-refractivity contribution in [3.8, 4) is 5.88 Å². The van der Waals surface area contributed by atoms with Gasteiger partial charge in [0.05, 0.1) is 7.11 Å². The number of aromatic nitrogens is 2. The fraction of sp³-hybridized carbons (Fsp3) is 0.474. The number of methoxy groups -OCH3 is 1. The molecule has 0 aliphatic rings. The highest BCUT2D eigenvalue weighted by molar-refractivity contribution is 7.98. The zero-order valence-electron chi connectivity index (χ0n) is 16.6. The molecule has 0 amide bonds. The van der Waals surface area contributed by atoms with Crippen LogP contribution in [0.5, 0.6) is 5.88 Å². The van der Waals surface area contributed by atoms with Crippen molar-refractivity contribution in [2.75, 3.05) is 56.8 Å². The topological polar surface area (TPSA) is 53.5 Å². The molecule has 0 saturated carbocycles. The van der Waals surface area contributed by atoms with E-state index in [2.05, 4.69) is 29.0 Å². The van der Waals surface area contributed by atoms with Crippen LogP contribution < -0.4 is 15.0 Å². The minimum Gasteiger partial charge on any atom is -0.480 e. The second-order valence-electron chi connectivity index (χ2n) is 5.90. The number of rotatable bonds is 10. The lowest BCUT2D eigenvalue weighted by atomic mass is 10.3. The first kappa shape index (κ1) is 21.6. The maximum absolute atomic E-state index is 5.99. The maximum atomic E-state index is 5.99. The standard InChI is InChI=1S/C19H28ClN5OS/c1-6-25(7-2)13-12-21-17-16(27-5)18(26-4)23-19(22-17)24(3)15-10-8-14(20)9-11-15/h8-11H,6-7,12-13H2,1-5H3,(H,21,22,23). The van der Waals surface area contributed by atoms with Crippen LogP contribution in [0.4, 0.5) is 17.5 Å². The number of halogens is 1. The van der Waals surface area contributed by atoms with Crippen molar-refractivity contribution in [2.24, 2.45) is 0 Å². The average Bonchev–Trinajstić information content (AvgIpc) is 2.70. The lowest BCUT2D eigenvalue weighted by Crippen LogP contribution is -2.29. The molecule has 6 nitrogen and oxygen atoms in total. The Bertz CT molecular complexity index is 725. The number of thioether (sulfide) groups is 1. The number of benzene rings is 1. The summed E-state index contributed by atoms with van der Waals surface area (Å²) in [6.07, 6.45) is 2.00. The first-order chi connectivity index (χ1) is 13.0. The molecule has 0 aliphatic carbocycles. The number of likely N-dealkylation sites (N-methyl/N-ethyl adjacent to an activating group) is 1. The van der Waals surface area contributed by atoms with Gasteiger partial charge in [0.25, 0.3) is 0 Å². The van der Waals surface area contributed by atoms with Crippen molar-refractivity contribution in [1.29, 1.82) is 0 Å². The van der Waals surface area contributed by atoms with E-state index in [1.54, 1.807) is 18.9 Å². The van der Waals surface area contributed by atoms with Crippen molar-refractivity contribution in [1.82, 2.24) is 14.9 Å².